The highest BCUT2D eigenvalue weighted by atomic mass is 32.1. The van der Waals surface area contributed by atoms with Crippen molar-refractivity contribution in [2.45, 2.75) is 0 Å². The number of morpholine rings is 1. The van der Waals surface area contributed by atoms with E-state index in [4.69, 9.17) is 26.7 Å². The molecule has 10 nitrogen and oxygen atoms in total. The number of non-ortho nitro benzene ring substituents is 1. The molecule has 0 bridgehead atoms. The minimum absolute atomic E-state index is 0.0224. The molecule has 0 atom stereocenters. The molecule has 5 rings (SSSR count). The maximum Gasteiger partial charge on any atom is 0.270 e. The number of benzene rings is 3. The molecular formula is C26H23N5O5S2. The highest BCUT2D eigenvalue weighted by Gasteiger charge is 2.23. The zero-order valence-corrected chi connectivity index (χ0v) is 21.9. The van der Waals surface area contributed by atoms with Crippen LogP contribution in [0.5, 0.6) is 5.75 Å². The fraction of sp³-hybridized carbons (Fsp3) is 0.192. The smallest absolute Gasteiger partial charge is 0.270 e. The first-order valence-electron chi connectivity index (χ1n) is 11.7. The predicted molar refractivity (Wildman–Crippen MR) is 151 cm³/mol. The molecule has 1 fully saturated rings. The van der Waals surface area contributed by atoms with E-state index in [0.717, 1.165) is 20.8 Å². The first-order chi connectivity index (χ1) is 18.4. The van der Waals surface area contributed by atoms with Crippen LogP contribution in [0.3, 0.4) is 0 Å². The summed E-state index contributed by atoms with van der Waals surface area (Å²) in [5, 5.41) is 17.9. The minimum atomic E-state index is -0.561. The van der Waals surface area contributed by atoms with Crippen LogP contribution in [0.1, 0.15) is 10.4 Å². The van der Waals surface area contributed by atoms with Crippen molar-refractivity contribution in [1.29, 1.82) is 0 Å². The van der Waals surface area contributed by atoms with Gasteiger partial charge in [0.1, 0.15) is 10.8 Å². The molecule has 1 saturated heterocycles. The van der Waals surface area contributed by atoms with Gasteiger partial charge in [0.05, 0.1) is 52.4 Å². The van der Waals surface area contributed by atoms with E-state index in [2.05, 4.69) is 10.6 Å². The number of methoxy groups -OCH3 is 1. The molecule has 1 aliphatic rings. The number of fused-ring (bicyclic) bond motifs is 1. The number of hydrogen-bond donors (Lipinski definition) is 2. The van der Waals surface area contributed by atoms with E-state index in [1.807, 2.05) is 41.3 Å². The van der Waals surface area contributed by atoms with Crippen LogP contribution in [-0.4, -0.2) is 54.3 Å². The van der Waals surface area contributed by atoms with E-state index in [1.54, 1.807) is 23.5 Å². The van der Waals surface area contributed by atoms with Crippen LogP contribution in [0, 0.1) is 10.1 Å². The van der Waals surface area contributed by atoms with Gasteiger partial charge in [-0.3, -0.25) is 20.2 Å². The van der Waals surface area contributed by atoms with Gasteiger partial charge in [0.25, 0.3) is 11.6 Å². The summed E-state index contributed by atoms with van der Waals surface area (Å²) in [4.78, 5) is 30.8. The number of para-hydroxylation sites is 1. The average molecular weight is 550 g/mol. The summed E-state index contributed by atoms with van der Waals surface area (Å²) in [6, 6.07) is 17.7. The third kappa shape index (κ3) is 5.42. The summed E-state index contributed by atoms with van der Waals surface area (Å²) in [6.45, 7) is 2.14. The highest BCUT2D eigenvalue weighted by Crippen LogP contribution is 2.35. The Balaban J connectivity index is 1.38. The van der Waals surface area contributed by atoms with Crippen LogP contribution in [0.2, 0.25) is 0 Å². The number of ether oxygens (including phenoxy) is 2. The molecule has 1 aliphatic heterocycles. The number of anilines is 2. The van der Waals surface area contributed by atoms with Gasteiger partial charge in [0, 0.05) is 30.8 Å². The molecule has 12 heteroatoms. The number of thiocarbonyl (C=S) groups is 1. The Bertz CT molecular complexity index is 1500. The van der Waals surface area contributed by atoms with Crippen molar-refractivity contribution in [3.05, 3.63) is 76.3 Å². The van der Waals surface area contributed by atoms with E-state index in [1.165, 1.54) is 19.2 Å². The van der Waals surface area contributed by atoms with Crippen molar-refractivity contribution in [2.75, 3.05) is 43.6 Å². The van der Waals surface area contributed by atoms with Gasteiger partial charge in [0.2, 0.25) is 0 Å². The average Bonchev–Trinajstić information content (AvgIpc) is 3.37. The Kier molecular flexibility index (Phi) is 7.45. The van der Waals surface area contributed by atoms with Crippen LogP contribution >= 0.6 is 23.6 Å². The molecule has 0 unspecified atom stereocenters. The Morgan fingerprint density at radius 2 is 1.95 bits per heavy atom. The molecular weight excluding hydrogens is 526 g/mol. The van der Waals surface area contributed by atoms with E-state index in [0.29, 0.717) is 43.4 Å². The number of rotatable bonds is 6. The third-order valence-electron chi connectivity index (χ3n) is 6.00. The summed E-state index contributed by atoms with van der Waals surface area (Å²) < 4.78 is 12.0. The third-order valence-corrected chi connectivity index (χ3v) is 7.29. The van der Waals surface area contributed by atoms with Crippen LogP contribution in [0.25, 0.3) is 20.8 Å². The molecule has 2 heterocycles. The summed E-state index contributed by atoms with van der Waals surface area (Å²) in [6.07, 6.45) is 0. The fourth-order valence-electron chi connectivity index (χ4n) is 4.16. The zero-order chi connectivity index (χ0) is 26.6. The SMILES string of the molecule is COc1ccc(-c2nc3ccccc3s2)cc1NC(=S)NC(=O)c1cc([N+](=O)[O-])ccc1N1CCOCC1. The van der Waals surface area contributed by atoms with Gasteiger partial charge >= 0.3 is 0 Å². The van der Waals surface area contributed by atoms with E-state index in [9.17, 15) is 14.9 Å². The van der Waals surface area contributed by atoms with Crippen LogP contribution in [-0.2, 0) is 4.74 Å². The number of aromatic nitrogens is 1. The maximum absolute atomic E-state index is 13.3. The Morgan fingerprint density at radius 3 is 2.68 bits per heavy atom. The van der Waals surface area contributed by atoms with Crippen molar-refractivity contribution in [1.82, 2.24) is 10.3 Å². The van der Waals surface area contributed by atoms with Crippen molar-refractivity contribution >= 4 is 61.9 Å². The predicted octanol–water partition coefficient (Wildman–Crippen LogP) is 4.84. The number of hydrogen-bond acceptors (Lipinski definition) is 9. The Labute approximate surface area is 227 Å². The van der Waals surface area contributed by atoms with Crippen molar-refractivity contribution in [3.63, 3.8) is 0 Å². The zero-order valence-electron chi connectivity index (χ0n) is 20.3. The number of carbonyl (C=O) groups is 1. The number of nitro groups is 1. The van der Waals surface area contributed by atoms with Crippen molar-refractivity contribution in [3.8, 4) is 16.3 Å². The summed E-state index contributed by atoms with van der Waals surface area (Å²) in [5.41, 5.74) is 2.86. The molecule has 0 radical (unpaired) electrons. The largest absolute Gasteiger partial charge is 0.495 e. The van der Waals surface area contributed by atoms with Crippen molar-refractivity contribution in [2.24, 2.45) is 0 Å². The fourth-order valence-corrected chi connectivity index (χ4v) is 5.32. The van der Waals surface area contributed by atoms with Gasteiger partial charge < -0.3 is 19.7 Å². The molecule has 4 aromatic rings. The second-order valence-electron chi connectivity index (χ2n) is 8.37. The van der Waals surface area contributed by atoms with Gasteiger partial charge in [-0.15, -0.1) is 11.3 Å². The van der Waals surface area contributed by atoms with Gasteiger partial charge in [-0.2, -0.15) is 0 Å². The molecule has 0 aliphatic carbocycles. The molecule has 0 spiro atoms. The number of nitro benzene ring substituents is 1. The number of nitrogens with one attached hydrogen (secondary N) is 2. The topological polar surface area (TPSA) is 119 Å². The molecule has 1 aromatic heterocycles. The quantitative estimate of drug-likeness (QED) is 0.198. The van der Waals surface area contributed by atoms with Crippen LogP contribution in [0.15, 0.2) is 60.7 Å². The molecule has 38 heavy (non-hydrogen) atoms. The standard InChI is InChI=1S/C26H23N5O5S2/c1-35-22-9-6-16(25-27-19-4-2-3-5-23(19)38-25)14-20(22)28-26(37)29-24(32)18-15-17(31(33)34)7-8-21(18)30-10-12-36-13-11-30/h2-9,14-15H,10-13H2,1H3,(H2,28,29,32,37). The first-order valence-corrected chi connectivity index (χ1v) is 12.9. The molecule has 2 N–H and O–H groups in total. The lowest BCUT2D eigenvalue weighted by molar-refractivity contribution is -0.384. The van der Waals surface area contributed by atoms with E-state index in [-0.39, 0.29) is 16.4 Å². The summed E-state index contributed by atoms with van der Waals surface area (Å²) in [7, 11) is 1.54. The normalized spacial score (nSPS) is 13.2. The van der Waals surface area contributed by atoms with E-state index >= 15 is 0 Å². The lowest BCUT2D eigenvalue weighted by Gasteiger charge is -2.30. The maximum atomic E-state index is 13.3. The number of amides is 1. The second-order valence-corrected chi connectivity index (χ2v) is 9.81. The summed E-state index contributed by atoms with van der Waals surface area (Å²) in [5.74, 6) is -0.0372. The van der Waals surface area contributed by atoms with Gasteiger partial charge in [-0.1, -0.05) is 12.1 Å². The lowest BCUT2D eigenvalue weighted by Crippen LogP contribution is -2.39. The lowest BCUT2D eigenvalue weighted by atomic mass is 10.1. The van der Waals surface area contributed by atoms with Crippen LogP contribution in [0.4, 0.5) is 17.1 Å². The number of nitrogens with zero attached hydrogens (tertiary/aromatic N) is 3. The van der Waals surface area contributed by atoms with Crippen molar-refractivity contribution < 1.29 is 19.2 Å². The summed E-state index contributed by atoms with van der Waals surface area (Å²) >= 11 is 7.00. The molecule has 3 aromatic carbocycles. The monoisotopic (exact) mass is 549 g/mol. The Morgan fingerprint density at radius 1 is 1.16 bits per heavy atom. The second kappa shape index (κ2) is 11.1. The molecule has 194 valence electrons. The molecule has 0 saturated carbocycles. The number of carbonyl (C=O) groups excluding carboxylic acids is 1. The molecule has 1 amide bonds. The van der Waals surface area contributed by atoms with E-state index < -0.39 is 10.8 Å². The highest BCUT2D eigenvalue weighted by molar-refractivity contribution is 7.80. The van der Waals surface area contributed by atoms with Gasteiger partial charge in [-0.25, -0.2) is 4.98 Å². The minimum Gasteiger partial charge on any atom is -0.495 e. The number of thiazole rings is 1. The van der Waals surface area contributed by atoms with Crippen LogP contribution < -0.4 is 20.3 Å². The van der Waals surface area contributed by atoms with Gasteiger partial charge in [0.15, 0.2) is 5.11 Å². The van der Waals surface area contributed by atoms with Gasteiger partial charge in [-0.05, 0) is 48.6 Å². The Hall–Kier alpha value is -4.13. The first kappa shape index (κ1) is 25.5.